The second kappa shape index (κ2) is 7.06. The van der Waals surface area contributed by atoms with Crippen molar-refractivity contribution in [2.45, 2.75) is 6.54 Å². The molecule has 0 aliphatic carbocycles. The molecule has 1 fully saturated rings. The number of hydrogen-bond donors (Lipinski definition) is 0. The van der Waals surface area contributed by atoms with Crippen molar-refractivity contribution in [1.82, 2.24) is 19.3 Å². The third kappa shape index (κ3) is 3.37. The summed E-state index contributed by atoms with van der Waals surface area (Å²) >= 11 is 3.07. The Balaban J connectivity index is 1.60. The first-order valence-corrected chi connectivity index (χ1v) is 9.48. The second-order valence-electron chi connectivity index (χ2n) is 5.64. The first-order chi connectivity index (χ1) is 12.2. The molecule has 0 aromatic carbocycles. The van der Waals surface area contributed by atoms with Gasteiger partial charge in [-0.15, -0.1) is 0 Å². The van der Waals surface area contributed by atoms with E-state index in [9.17, 15) is 0 Å². The monoisotopic (exact) mass is 378 g/mol. The molecule has 0 saturated carbocycles. The molecule has 1 aliphatic rings. The molecule has 3 aromatic rings. The Bertz CT molecular complexity index is 861. The van der Waals surface area contributed by atoms with Gasteiger partial charge in [0.2, 0.25) is 5.88 Å². The minimum absolute atomic E-state index is 0.647. The highest BCUT2D eigenvalue weighted by molar-refractivity contribution is 7.22. The molecule has 0 amide bonds. The molecule has 0 N–H and O–H groups in total. The zero-order valence-electron chi connectivity index (χ0n) is 14.0. The molecule has 0 unspecified atom stereocenters. The zero-order valence-corrected chi connectivity index (χ0v) is 15.6. The summed E-state index contributed by atoms with van der Waals surface area (Å²) < 4.78 is 15.8. The molecule has 0 bridgehead atoms. The van der Waals surface area contributed by atoms with Crippen molar-refractivity contribution < 1.29 is 9.47 Å². The number of fused-ring (bicyclic) bond motifs is 1. The molecule has 1 saturated heterocycles. The molecule has 4 heterocycles. The fourth-order valence-electron chi connectivity index (χ4n) is 2.67. The highest BCUT2D eigenvalue weighted by Crippen LogP contribution is 2.34. The van der Waals surface area contributed by atoms with E-state index >= 15 is 0 Å². The average Bonchev–Trinajstić information content (AvgIpc) is 3.28. The summed E-state index contributed by atoms with van der Waals surface area (Å²) in [4.78, 5) is 19.0. The zero-order chi connectivity index (χ0) is 17.2. The summed E-state index contributed by atoms with van der Waals surface area (Å²) in [6, 6.07) is 1.95. The predicted octanol–water partition coefficient (Wildman–Crippen LogP) is 2.02. The molecule has 0 radical (unpaired) electrons. The van der Waals surface area contributed by atoms with Gasteiger partial charge in [-0.3, -0.25) is 0 Å². The average molecular weight is 378 g/mol. The van der Waals surface area contributed by atoms with Crippen LogP contribution in [0.5, 0.6) is 5.88 Å². The molecule has 0 atom stereocenters. The van der Waals surface area contributed by atoms with Crippen molar-refractivity contribution in [3.63, 3.8) is 0 Å². The summed E-state index contributed by atoms with van der Waals surface area (Å²) in [5.74, 6) is 1.53. The van der Waals surface area contributed by atoms with Crippen molar-refractivity contribution in [3.8, 4) is 5.88 Å². The van der Waals surface area contributed by atoms with Gasteiger partial charge in [0.1, 0.15) is 11.0 Å². The van der Waals surface area contributed by atoms with Gasteiger partial charge in [-0.1, -0.05) is 11.3 Å². The Morgan fingerprint density at radius 1 is 1.32 bits per heavy atom. The van der Waals surface area contributed by atoms with Gasteiger partial charge in [0.25, 0.3) is 0 Å². The van der Waals surface area contributed by atoms with Gasteiger partial charge in [0.05, 0.1) is 26.9 Å². The van der Waals surface area contributed by atoms with Gasteiger partial charge in [-0.25, -0.2) is 9.97 Å². The van der Waals surface area contributed by atoms with Gasteiger partial charge in [0.15, 0.2) is 16.6 Å². The maximum atomic E-state index is 5.42. The molecule has 25 heavy (non-hydrogen) atoms. The first kappa shape index (κ1) is 16.4. The smallest absolute Gasteiger partial charge is 0.225 e. The van der Waals surface area contributed by atoms with Crippen LogP contribution in [0.25, 0.3) is 10.3 Å². The maximum Gasteiger partial charge on any atom is 0.225 e. The van der Waals surface area contributed by atoms with Crippen molar-refractivity contribution in [2.75, 3.05) is 50.3 Å². The van der Waals surface area contributed by atoms with E-state index in [1.165, 1.54) is 11.5 Å². The molecular weight excluding hydrogens is 360 g/mol. The van der Waals surface area contributed by atoms with Crippen molar-refractivity contribution in [1.29, 1.82) is 0 Å². The number of nitrogens with zero attached hydrogens (tertiary/aromatic N) is 6. The van der Waals surface area contributed by atoms with Crippen molar-refractivity contribution >= 4 is 44.2 Å². The van der Waals surface area contributed by atoms with Crippen LogP contribution in [-0.2, 0) is 11.3 Å². The van der Waals surface area contributed by atoms with Crippen LogP contribution in [0.1, 0.15) is 4.88 Å². The van der Waals surface area contributed by atoms with Gasteiger partial charge in [-0.2, -0.15) is 9.36 Å². The lowest BCUT2D eigenvalue weighted by Gasteiger charge is -2.25. The Labute approximate surface area is 153 Å². The highest BCUT2D eigenvalue weighted by atomic mass is 32.1. The minimum Gasteiger partial charge on any atom is -0.480 e. The SMILES string of the molecule is COc1cc(CN(C)c2ncnc3nc(N4CCOCC4)sc23)sn1. The molecule has 3 aromatic heterocycles. The van der Waals surface area contributed by atoms with Gasteiger partial charge in [0, 0.05) is 31.1 Å². The van der Waals surface area contributed by atoms with Crippen LogP contribution in [0.3, 0.4) is 0 Å². The van der Waals surface area contributed by atoms with E-state index in [0.717, 1.165) is 52.5 Å². The summed E-state index contributed by atoms with van der Waals surface area (Å²) in [6.45, 7) is 3.90. The van der Waals surface area contributed by atoms with Crippen LogP contribution < -0.4 is 14.5 Å². The summed E-state index contributed by atoms with van der Waals surface area (Å²) in [5, 5.41) is 0.980. The van der Waals surface area contributed by atoms with Crippen molar-refractivity contribution in [2.24, 2.45) is 0 Å². The summed E-state index contributed by atoms with van der Waals surface area (Å²) in [5.41, 5.74) is 0.741. The highest BCUT2D eigenvalue weighted by Gasteiger charge is 2.19. The van der Waals surface area contributed by atoms with Crippen LogP contribution in [0.2, 0.25) is 0 Å². The second-order valence-corrected chi connectivity index (χ2v) is 7.50. The fourth-order valence-corrected chi connectivity index (χ4v) is 4.52. The van der Waals surface area contributed by atoms with Crippen LogP contribution in [0.15, 0.2) is 12.4 Å². The lowest BCUT2D eigenvalue weighted by molar-refractivity contribution is 0.122. The standard InChI is InChI=1S/C15H18N6O2S2/c1-20(8-10-7-11(22-2)19-25-10)14-12-13(16-9-17-14)18-15(24-12)21-3-5-23-6-4-21/h7,9H,3-6,8H2,1-2H3. The van der Waals surface area contributed by atoms with Gasteiger partial charge < -0.3 is 19.3 Å². The quantitative estimate of drug-likeness (QED) is 0.667. The van der Waals surface area contributed by atoms with E-state index in [-0.39, 0.29) is 0 Å². The number of hydrogen-bond acceptors (Lipinski definition) is 10. The topological polar surface area (TPSA) is 76.5 Å². The minimum atomic E-state index is 0.647. The van der Waals surface area contributed by atoms with E-state index in [2.05, 4.69) is 29.1 Å². The van der Waals surface area contributed by atoms with Crippen LogP contribution in [-0.4, -0.2) is 59.8 Å². The van der Waals surface area contributed by atoms with Crippen LogP contribution in [0, 0.1) is 0 Å². The Kier molecular flexibility index (Phi) is 4.64. The number of methoxy groups -OCH3 is 1. The van der Waals surface area contributed by atoms with Crippen LogP contribution >= 0.6 is 22.9 Å². The molecule has 132 valence electrons. The maximum absolute atomic E-state index is 5.42. The van der Waals surface area contributed by atoms with E-state index < -0.39 is 0 Å². The Morgan fingerprint density at radius 2 is 2.16 bits per heavy atom. The molecular formula is C15H18N6O2S2. The number of aromatic nitrogens is 4. The lowest BCUT2D eigenvalue weighted by Crippen LogP contribution is -2.36. The molecule has 8 nitrogen and oxygen atoms in total. The largest absolute Gasteiger partial charge is 0.480 e. The fraction of sp³-hybridized carbons (Fsp3) is 0.467. The van der Waals surface area contributed by atoms with E-state index in [1.807, 2.05) is 13.1 Å². The van der Waals surface area contributed by atoms with E-state index in [4.69, 9.17) is 9.47 Å². The normalized spacial score (nSPS) is 14.9. The summed E-state index contributed by atoms with van der Waals surface area (Å²) in [6.07, 6.45) is 1.57. The predicted molar refractivity (Wildman–Crippen MR) is 99.0 cm³/mol. The summed E-state index contributed by atoms with van der Waals surface area (Å²) in [7, 11) is 3.64. The third-order valence-electron chi connectivity index (χ3n) is 3.94. The number of anilines is 2. The number of rotatable bonds is 5. The first-order valence-electron chi connectivity index (χ1n) is 7.89. The Hall–Kier alpha value is -2.04. The van der Waals surface area contributed by atoms with E-state index in [0.29, 0.717) is 12.4 Å². The molecule has 4 rings (SSSR count). The van der Waals surface area contributed by atoms with Gasteiger partial charge >= 0.3 is 0 Å². The van der Waals surface area contributed by atoms with E-state index in [1.54, 1.807) is 24.8 Å². The van der Waals surface area contributed by atoms with Crippen molar-refractivity contribution in [3.05, 3.63) is 17.3 Å². The molecule has 10 heteroatoms. The third-order valence-corrected chi connectivity index (χ3v) is 5.80. The Morgan fingerprint density at radius 3 is 2.92 bits per heavy atom. The van der Waals surface area contributed by atoms with Crippen LogP contribution in [0.4, 0.5) is 10.9 Å². The number of thiazole rings is 1. The van der Waals surface area contributed by atoms with Gasteiger partial charge in [-0.05, 0) is 11.5 Å². The molecule has 1 aliphatic heterocycles. The lowest BCUT2D eigenvalue weighted by atomic mass is 10.4. The molecule has 0 spiro atoms. The number of ether oxygens (including phenoxy) is 2. The number of morpholine rings is 1.